The number of rotatable bonds is 5. The fourth-order valence-electron chi connectivity index (χ4n) is 2.51. The highest BCUT2D eigenvalue weighted by Gasteiger charge is 2.18. The monoisotopic (exact) mass is 338 g/mol. The first-order valence-corrected chi connectivity index (χ1v) is 8.19. The van der Waals surface area contributed by atoms with Gasteiger partial charge < -0.3 is 0 Å². The van der Waals surface area contributed by atoms with Gasteiger partial charge in [0.05, 0.1) is 5.38 Å². The molecule has 0 saturated carbocycles. The first-order valence-electron chi connectivity index (χ1n) is 6.96. The van der Waals surface area contributed by atoms with Crippen LogP contribution in [0.1, 0.15) is 44.1 Å². The van der Waals surface area contributed by atoms with E-state index in [4.69, 9.17) is 11.6 Å². The third-order valence-corrected chi connectivity index (χ3v) is 5.07. The summed E-state index contributed by atoms with van der Waals surface area (Å²) in [6, 6.07) is 12.7. The molecule has 0 amide bonds. The second kappa shape index (κ2) is 6.76. The smallest absolute Gasteiger partial charge is 0.0616 e. The number of benzene rings is 2. The summed E-state index contributed by atoms with van der Waals surface area (Å²) in [4.78, 5) is 0. The predicted molar refractivity (Wildman–Crippen MR) is 88.9 cm³/mol. The lowest BCUT2D eigenvalue weighted by Gasteiger charge is -2.20. The first-order chi connectivity index (χ1) is 9.15. The largest absolute Gasteiger partial charge is 0.118 e. The van der Waals surface area contributed by atoms with Crippen molar-refractivity contribution in [2.24, 2.45) is 5.92 Å². The zero-order valence-corrected chi connectivity index (χ0v) is 13.8. The van der Waals surface area contributed by atoms with E-state index in [2.05, 4.69) is 66.2 Å². The average molecular weight is 340 g/mol. The summed E-state index contributed by atoms with van der Waals surface area (Å²) in [5, 5.41) is 2.60. The van der Waals surface area contributed by atoms with Gasteiger partial charge in [-0.1, -0.05) is 73.0 Å². The Bertz CT molecular complexity index is 550. The minimum atomic E-state index is 0.0875. The molecule has 0 fully saturated rings. The topological polar surface area (TPSA) is 0 Å². The highest BCUT2D eigenvalue weighted by Crippen LogP contribution is 2.38. The quantitative estimate of drug-likeness (QED) is 0.531. The van der Waals surface area contributed by atoms with Crippen LogP contribution in [-0.4, -0.2) is 0 Å². The molecule has 0 bridgehead atoms. The summed E-state index contributed by atoms with van der Waals surface area (Å²) in [5.41, 5.74) is 1.25. The van der Waals surface area contributed by atoms with Crippen molar-refractivity contribution in [2.75, 3.05) is 0 Å². The Morgan fingerprint density at radius 1 is 1.11 bits per heavy atom. The van der Waals surface area contributed by atoms with Gasteiger partial charge in [0, 0.05) is 4.47 Å². The van der Waals surface area contributed by atoms with E-state index in [0.717, 1.165) is 4.47 Å². The van der Waals surface area contributed by atoms with Gasteiger partial charge in [-0.3, -0.25) is 0 Å². The molecule has 0 saturated heterocycles. The summed E-state index contributed by atoms with van der Waals surface area (Å²) >= 11 is 10.3. The maximum Gasteiger partial charge on any atom is 0.0616 e. The van der Waals surface area contributed by atoms with E-state index in [1.54, 1.807) is 0 Å². The Kier molecular flexibility index (Phi) is 5.29. The molecular formula is C17H20BrCl. The average Bonchev–Trinajstić information content (AvgIpc) is 2.45. The van der Waals surface area contributed by atoms with Crippen molar-refractivity contribution in [1.82, 2.24) is 0 Å². The van der Waals surface area contributed by atoms with Gasteiger partial charge in [0.25, 0.3) is 0 Å². The van der Waals surface area contributed by atoms with Crippen molar-refractivity contribution in [3.63, 3.8) is 0 Å². The summed E-state index contributed by atoms with van der Waals surface area (Å²) in [6.07, 6.45) is 3.67. The van der Waals surface area contributed by atoms with Gasteiger partial charge in [-0.2, -0.15) is 0 Å². The number of alkyl halides is 1. The van der Waals surface area contributed by atoms with Crippen LogP contribution in [0, 0.1) is 5.92 Å². The number of hydrogen-bond donors (Lipinski definition) is 0. The van der Waals surface area contributed by atoms with Gasteiger partial charge >= 0.3 is 0 Å². The van der Waals surface area contributed by atoms with Crippen LogP contribution in [0.2, 0.25) is 0 Å². The first kappa shape index (κ1) is 14.9. The van der Waals surface area contributed by atoms with Crippen molar-refractivity contribution in [3.8, 4) is 0 Å². The third-order valence-electron chi connectivity index (χ3n) is 3.71. The van der Waals surface area contributed by atoms with E-state index in [9.17, 15) is 0 Å². The predicted octanol–water partition coefficient (Wildman–Crippen LogP) is 6.71. The van der Waals surface area contributed by atoms with Crippen LogP contribution >= 0.6 is 27.5 Å². The Balaban J connectivity index is 2.37. The minimum absolute atomic E-state index is 0.0875. The van der Waals surface area contributed by atoms with Crippen molar-refractivity contribution < 1.29 is 0 Å². The van der Waals surface area contributed by atoms with Gasteiger partial charge in [0.2, 0.25) is 0 Å². The van der Waals surface area contributed by atoms with Gasteiger partial charge in [0.1, 0.15) is 0 Å². The van der Waals surface area contributed by atoms with E-state index < -0.39 is 0 Å². The SMILES string of the molecule is CCCCC(C)C(Cl)c1ccc(Br)c2ccccc12. The lowest BCUT2D eigenvalue weighted by Crippen LogP contribution is -2.04. The highest BCUT2D eigenvalue weighted by atomic mass is 79.9. The Hall–Kier alpha value is -0.530. The van der Waals surface area contributed by atoms with Crippen LogP contribution in [0.5, 0.6) is 0 Å². The molecule has 2 aromatic rings. The van der Waals surface area contributed by atoms with E-state index >= 15 is 0 Å². The lowest BCUT2D eigenvalue weighted by molar-refractivity contribution is 0.492. The fraction of sp³-hybridized carbons (Fsp3) is 0.412. The maximum atomic E-state index is 6.71. The molecular weight excluding hydrogens is 320 g/mol. The van der Waals surface area contributed by atoms with Crippen molar-refractivity contribution in [2.45, 2.75) is 38.5 Å². The molecule has 0 N–H and O–H groups in total. The number of fused-ring (bicyclic) bond motifs is 1. The number of hydrogen-bond acceptors (Lipinski definition) is 0. The fourth-order valence-corrected chi connectivity index (χ4v) is 3.30. The molecule has 0 nitrogen and oxygen atoms in total. The van der Waals surface area contributed by atoms with Crippen LogP contribution < -0.4 is 0 Å². The molecule has 0 heterocycles. The molecule has 0 spiro atoms. The summed E-state index contributed by atoms with van der Waals surface area (Å²) in [5.74, 6) is 0.506. The van der Waals surface area contributed by atoms with Crippen LogP contribution in [0.25, 0.3) is 10.8 Å². The normalized spacial score (nSPS) is 14.5. The molecule has 0 aliphatic carbocycles. The molecule has 19 heavy (non-hydrogen) atoms. The van der Waals surface area contributed by atoms with Crippen molar-refractivity contribution >= 4 is 38.3 Å². The standard InChI is InChI=1S/C17H20BrCl/c1-3-4-7-12(2)17(19)15-10-11-16(18)14-9-6-5-8-13(14)15/h5-6,8-12,17H,3-4,7H2,1-2H3. The molecule has 2 heteroatoms. The van der Waals surface area contributed by atoms with Gasteiger partial charge in [-0.25, -0.2) is 0 Å². The molecule has 0 aliphatic rings. The number of unbranched alkanes of at least 4 members (excludes halogenated alkanes) is 1. The highest BCUT2D eigenvalue weighted by molar-refractivity contribution is 9.10. The van der Waals surface area contributed by atoms with Crippen molar-refractivity contribution in [3.05, 3.63) is 46.4 Å². The number of halogens is 2. The van der Waals surface area contributed by atoms with Gasteiger partial charge in [-0.15, -0.1) is 11.6 Å². The Morgan fingerprint density at radius 2 is 1.79 bits per heavy atom. The molecule has 2 rings (SSSR count). The van der Waals surface area contributed by atoms with E-state index in [1.807, 2.05) is 0 Å². The van der Waals surface area contributed by atoms with Gasteiger partial charge in [-0.05, 0) is 34.7 Å². The van der Waals surface area contributed by atoms with Gasteiger partial charge in [0.15, 0.2) is 0 Å². The second-order valence-corrected chi connectivity index (χ2v) is 6.53. The molecule has 2 aromatic carbocycles. The van der Waals surface area contributed by atoms with Crippen LogP contribution in [0.4, 0.5) is 0 Å². The van der Waals surface area contributed by atoms with Crippen molar-refractivity contribution in [1.29, 1.82) is 0 Å². The van der Waals surface area contributed by atoms with Crippen LogP contribution in [-0.2, 0) is 0 Å². The molecule has 0 aromatic heterocycles. The molecule has 102 valence electrons. The summed E-state index contributed by atoms with van der Waals surface area (Å²) < 4.78 is 1.14. The zero-order chi connectivity index (χ0) is 13.8. The second-order valence-electron chi connectivity index (χ2n) is 5.20. The van der Waals surface area contributed by atoms with E-state index in [-0.39, 0.29) is 5.38 Å². The third kappa shape index (κ3) is 3.32. The molecule has 2 atom stereocenters. The van der Waals surface area contributed by atoms with Crippen LogP contribution in [0.15, 0.2) is 40.9 Å². The molecule has 0 radical (unpaired) electrons. The maximum absolute atomic E-state index is 6.71. The lowest BCUT2D eigenvalue weighted by atomic mass is 9.92. The minimum Gasteiger partial charge on any atom is -0.118 e. The Labute approximate surface area is 129 Å². The van der Waals surface area contributed by atoms with Crippen LogP contribution in [0.3, 0.4) is 0 Å². The summed E-state index contributed by atoms with van der Waals surface area (Å²) in [7, 11) is 0. The van der Waals surface area contributed by atoms with E-state index in [1.165, 1.54) is 35.6 Å². The zero-order valence-electron chi connectivity index (χ0n) is 11.5. The summed E-state index contributed by atoms with van der Waals surface area (Å²) in [6.45, 7) is 4.48. The van der Waals surface area contributed by atoms with E-state index in [0.29, 0.717) is 5.92 Å². The molecule has 2 unspecified atom stereocenters. The molecule has 0 aliphatic heterocycles. The Morgan fingerprint density at radius 3 is 2.47 bits per heavy atom.